The molecule has 0 aliphatic heterocycles. The smallest absolute Gasteiger partial charge is 0.147 e. The van der Waals surface area contributed by atoms with Gasteiger partial charge in [-0.1, -0.05) is 0 Å². The van der Waals surface area contributed by atoms with E-state index in [0.717, 1.165) is 11.0 Å². The Balaban J connectivity index is 0.00000232. The van der Waals surface area contributed by atoms with Crippen LogP contribution in [0.1, 0.15) is 81.9 Å². The number of para-hydroxylation sites is 2. The summed E-state index contributed by atoms with van der Waals surface area (Å²) in [7, 11) is 0. The second-order valence-electron chi connectivity index (χ2n) is 15.8. The number of halogens is 2. The molecule has 0 radical (unpaired) electrons. The Hall–Kier alpha value is -3.14. The van der Waals surface area contributed by atoms with Gasteiger partial charge in [0.2, 0.25) is 0 Å². The van der Waals surface area contributed by atoms with Crippen LogP contribution < -0.4 is 0 Å². The minimum absolute atomic E-state index is 0. The van der Waals surface area contributed by atoms with E-state index in [1.54, 1.807) is 22.3 Å². The van der Waals surface area contributed by atoms with Crippen molar-refractivity contribution >= 4 is 65.7 Å². The Bertz CT molecular complexity index is 2250. The van der Waals surface area contributed by atoms with Gasteiger partial charge in [0.1, 0.15) is 0 Å². The van der Waals surface area contributed by atoms with E-state index in [1.807, 2.05) is 24.5 Å². The zero-order valence-corrected chi connectivity index (χ0v) is 36.4. The summed E-state index contributed by atoms with van der Waals surface area (Å²) in [5.74, 6) is 0. The zero-order valence-electron chi connectivity index (χ0n) is 30.9. The molecular weight excluding hydrogens is 771 g/mol. The van der Waals surface area contributed by atoms with Crippen LogP contribution in [0, 0.1) is 0 Å². The van der Waals surface area contributed by atoms with Crippen molar-refractivity contribution in [2.75, 3.05) is 0 Å². The number of hydrogen-bond acceptors (Lipinski definition) is 2. The number of unbranched alkanes of at least 4 members (excludes halogenated alkanes) is 2. The van der Waals surface area contributed by atoms with Gasteiger partial charge < -0.3 is 0 Å². The fourth-order valence-electron chi connectivity index (χ4n) is 9.64. The van der Waals surface area contributed by atoms with Gasteiger partial charge >= 0.3 is 302 Å². The van der Waals surface area contributed by atoms with Crippen molar-refractivity contribution in [1.82, 2.24) is 9.97 Å². The first kappa shape index (κ1) is 38.6. The van der Waals surface area contributed by atoms with Crippen molar-refractivity contribution in [3.8, 4) is 22.3 Å². The van der Waals surface area contributed by atoms with Crippen LogP contribution in [0.15, 0.2) is 121 Å². The molecule has 8 rings (SSSR count). The molecule has 6 heteroatoms. The largest absolute Gasteiger partial charge is 0.147 e. The third kappa shape index (κ3) is 6.53. The van der Waals surface area contributed by atoms with E-state index >= 15 is 0 Å². The quantitative estimate of drug-likeness (QED) is 0.129. The van der Waals surface area contributed by atoms with Gasteiger partial charge in [-0.15, -0.1) is 24.8 Å². The van der Waals surface area contributed by atoms with Gasteiger partial charge in [-0.05, 0) is 0 Å². The molecule has 4 aromatic carbocycles. The van der Waals surface area contributed by atoms with Gasteiger partial charge in [-0.25, -0.2) is 0 Å². The minimum atomic E-state index is -3.82. The predicted molar refractivity (Wildman–Crippen MR) is 230 cm³/mol. The van der Waals surface area contributed by atoms with Crippen LogP contribution in [-0.2, 0) is 17.4 Å². The van der Waals surface area contributed by atoms with Gasteiger partial charge in [-0.3, -0.25) is 0 Å². The molecule has 0 saturated carbocycles. The molecular formula is C46H50Cl2N2SiZr. The van der Waals surface area contributed by atoms with Crippen LogP contribution in [0.25, 0.3) is 56.2 Å². The first-order valence-corrected chi connectivity index (χ1v) is 32.4. The summed E-state index contributed by atoms with van der Waals surface area (Å²) >= 11 is -3.82. The van der Waals surface area contributed by atoms with E-state index in [-0.39, 0.29) is 24.8 Å². The monoisotopic (exact) mass is 818 g/mol. The third-order valence-corrected chi connectivity index (χ3v) is 29.2. The summed E-state index contributed by atoms with van der Waals surface area (Å²) in [5, 5.41) is 2.40. The van der Waals surface area contributed by atoms with Crippen LogP contribution in [-0.4, -0.2) is 16.8 Å². The predicted octanol–water partition coefficient (Wildman–Crippen LogP) is 13.3. The zero-order chi connectivity index (χ0) is 34.5. The second kappa shape index (κ2) is 15.3. The Kier molecular flexibility index (Phi) is 11.4. The molecule has 0 fully saturated rings. The van der Waals surface area contributed by atoms with Crippen molar-refractivity contribution in [3.63, 3.8) is 0 Å². The fourth-order valence-corrected chi connectivity index (χ4v) is 29.5. The number of pyridine rings is 2. The number of rotatable bonds is 10. The van der Waals surface area contributed by atoms with Gasteiger partial charge in [-0.2, -0.15) is 0 Å². The molecule has 0 spiro atoms. The molecule has 266 valence electrons. The molecule has 52 heavy (non-hydrogen) atoms. The number of allylic oxidation sites excluding steroid dienone is 2. The molecule has 2 atom stereocenters. The van der Waals surface area contributed by atoms with E-state index in [0.29, 0.717) is 7.25 Å². The van der Waals surface area contributed by atoms with Crippen LogP contribution in [0.3, 0.4) is 0 Å². The molecule has 0 N–H and O–H groups in total. The number of benzene rings is 4. The molecule has 6 aromatic rings. The van der Waals surface area contributed by atoms with Crippen molar-refractivity contribution in [2.24, 2.45) is 0 Å². The summed E-state index contributed by atoms with van der Waals surface area (Å²) in [4.78, 5) is 9.79. The Morgan fingerprint density at radius 3 is 1.35 bits per heavy atom. The standard InChI is InChI=1S/2C22H20N.2CH3.2ClH.H2Si.Zr/c2*1-2-3-7-16-14-18-9-5-11-19(21(18)15-16)20-12-4-8-17-10-6-13-23-22(17)20;;;;;;/h2*4-6,8-15H,2-3,7H2,1H3;2*1H3;2*1H;1H2;. The molecule has 2 heterocycles. The van der Waals surface area contributed by atoms with Gasteiger partial charge in [0, 0.05) is 0 Å². The van der Waals surface area contributed by atoms with Gasteiger partial charge in [0.05, 0.1) is 0 Å². The Morgan fingerprint density at radius 2 is 0.923 bits per heavy atom. The number of fused-ring (bicyclic) bond motifs is 4. The average Bonchev–Trinajstić information content (AvgIpc) is 3.72. The van der Waals surface area contributed by atoms with Crippen LogP contribution >= 0.6 is 24.8 Å². The second-order valence-corrected chi connectivity index (χ2v) is 46.3. The summed E-state index contributed by atoms with van der Waals surface area (Å²) in [5.41, 5.74) is 16.7. The third-order valence-electron chi connectivity index (χ3n) is 11.7. The van der Waals surface area contributed by atoms with E-state index in [1.165, 1.54) is 82.7 Å². The summed E-state index contributed by atoms with van der Waals surface area (Å²) in [6, 6.07) is 36.1. The van der Waals surface area contributed by atoms with E-state index in [9.17, 15) is 0 Å². The van der Waals surface area contributed by atoms with E-state index < -0.39 is 17.4 Å². The molecule has 0 saturated heterocycles. The van der Waals surface area contributed by atoms with Crippen molar-refractivity contribution in [1.29, 1.82) is 0 Å². The van der Waals surface area contributed by atoms with Crippen LogP contribution in [0.5, 0.6) is 0 Å². The number of hydrogen-bond donors (Lipinski definition) is 0. The maximum Gasteiger partial charge on any atom is -0.147 e. The molecule has 2 aliphatic rings. The number of nitrogens with zero attached hydrogens (tertiary/aromatic N) is 2. The Labute approximate surface area is 324 Å². The van der Waals surface area contributed by atoms with E-state index in [2.05, 4.69) is 127 Å². The molecule has 0 bridgehead atoms. The fraction of sp³-hybridized carbons (Fsp3) is 0.261. The summed E-state index contributed by atoms with van der Waals surface area (Å²) in [6.07, 6.45) is 16.3. The normalized spacial score (nSPS) is 16.5. The SMILES string of the molecule is CCCCC1=Cc2c(-c3cccc4cccnc34)cccc2[CH]1[Zr]([CH3])([CH3])(=[SiH2])[CH]1C(CCCC)=Cc2c(-c3cccc4cccnc34)cccc21.Cl.Cl. The van der Waals surface area contributed by atoms with Gasteiger partial charge in [0.25, 0.3) is 0 Å². The first-order valence-electron chi connectivity index (χ1n) is 18.7. The van der Waals surface area contributed by atoms with Crippen molar-refractivity contribution in [3.05, 3.63) is 143 Å². The summed E-state index contributed by atoms with van der Waals surface area (Å²) in [6.45, 7) is 7.16. The summed E-state index contributed by atoms with van der Waals surface area (Å²) < 4.78 is 6.58. The first-order chi connectivity index (χ1) is 24.3. The molecule has 2 aliphatic carbocycles. The van der Waals surface area contributed by atoms with Crippen LogP contribution in [0.2, 0.25) is 9.26 Å². The maximum absolute atomic E-state index is 4.89. The van der Waals surface area contributed by atoms with E-state index in [4.69, 9.17) is 9.97 Å². The molecule has 2 unspecified atom stereocenters. The maximum atomic E-state index is 4.89. The van der Waals surface area contributed by atoms with Crippen LogP contribution in [0.4, 0.5) is 0 Å². The molecule has 2 aromatic heterocycles. The van der Waals surface area contributed by atoms with Crippen molar-refractivity contribution < 1.29 is 17.4 Å². The van der Waals surface area contributed by atoms with Gasteiger partial charge in [0.15, 0.2) is 0 Å². The minimum Gasteiger partial charge on any atom is -0.147 e. The molecule has 2 nitrogen and oxygen atoms in total. The molecule has 0 amide bonds. The Morgan fingerprint density at radius 1 is 0.538 bits per heavy atom. The average molecular weight is 821 g/mol. The number of aromatic nitrogens is 2. The topological polar surface area (TPSA) is 25.8 Å². The van der Waals surface area contributed by atoms with Crippen molar-refractivity contribution in [2.45, 2.75) is 68.9 Å².